The van der Waals surface area contributed by atoms with Crippen molar-refractivity contribution in [2.75, 3.05) is 10.2 Å². The average molecular weight is 480 g/mol. The van der Waals surface area contributed by atoms with E-state index >= 15 is 0 Å². The van der Waals surface area contributed by atoms with E-state index in [0.717, 1.165) is 25.7 Å². The Kier molecular flexibility index (Phi) is 7.33. The molecule has 1 atom stereocenters. The second-order valence-electron chi connectivity index (χ2n) is 8.32. The first-order valence-electron chi connectivity index (χ1n) is 11.2. The van der Waals surface area contributed by atoms with E-state index < -0.39 is 11.9 Å². The predicted octanol–water partition coefficient (Wildman–Crippen LogP) is 5.34. The van der Waals surface area contributed by atoms with Crippen LogP contribution in [0.15, 0.2) is 71.3 Å². The molecule has 8 heteroatoms. The number of hydrogen-bond donors (Lipinski definition) is 2. The molecule has 0 bridgehead atoms. The van der Waals surface area contributed by atoms with Gasteiger partial charge >= 0.3 is 0 Å². The van der Waals surface area contributed by atoms with Gasteiger partial charge in [0.25, 0.3) is 5.91 Å². The van der Waals surface area contributed by atoms with Crippen molar-refractivity contribution >= 4 is 40.7 Å². The molecular formula is C26H26ClN3O4. The third kappa shape index (κ3) is 5.48. The summed E-state index contributed by atoms with van der Waals surface area (Å²) in [6, 6.07) is 16.0. The maximum atomic E-state index is 13.7. The number of amides is 3. The first-order valence-corrected chi connectivity index (χ1v) is 11.6. The summed E-state index contributed by atoms with van der Waals surface area (Å²) >= 11 is 6.10. The molecule has 1 saturated carbocycles. The molecule has 1 aliphatic rings. The normalized spacial score (nSPS) is 14.4. The van der Waals surface area contributed by atoms with Gasteiger partial charge in [-0.05, 0) is 66.9 Å². The average Bonchev–Trinajstić information content (AvgIpc) is 3.53. The van der Waals surface area contributed by atoms with Crippen molar-refractivity contribution < 1.29 is 18.8 Å². The molecule has 1 fully saturated rings. The van der Waals surface area contributed by atoms with Gasteiger partial charge in [-0.2, -0.15) is 0 Å². The highest BCUT2D eigenvalue weighted by Crippen LogP contribution is 2.32. The summed E-state index contributed by atoms with van der Waals surface area (Å²) < 4.78 is 5.39. The molecule has 0 saturated heterocycles. The Morgan fingerprint density at radius 2 is 1.68 bits per heavy atom. The standard InChI is InChI=1S/C26H26ClN3O4/c1-17(31)28-21-12-14-22(15-13-21)30(26(33)23-7-4-16-34-23)24(18-8-10-19(27)11-9-18)25(32)29-20-5-2-3-6-20/h4,7-16,20,24H,2-3,5-6H2,1H3,(H,28,31)(H,29,32). The van der Waals surface area contributed by atoms with Crippen molar-refractivity contribution in [3.05, 3.63) is 83.3 Å². The van der Waals surface area contributed by atoms with Crippen LogP contribution in [0.2, 0.25) is 5.02 Å². The quantitative estimate of drug-likeness (QED) is 0.478. The zero-order valence-electron chi connectivity index (χ0n) is 18.8. The Bertz CT molecular complexity index is 1140. The van der Waals surface area contributed by atoms with Gasteiger partial charge in [-0.3, -0.25) is 19.3 Å². The van der Waals surface area contributed by atoms with E-state index in [9.17, 15) is 14.4 Å². The zero-order valence-corrected chi connectivity index (χ0v) is 19.5. The van der Waals surface area contributed by atoms with Crippen LogP contribution in [0.5, 0.6) is 0 Å². The number of carbonyl (C=O) groups excluding carboxylic acids is 3. The lowest BCUT2D eigenvalue weighted by atomic mass is 10.0. The molecule has 0 spiro atoms. The van der Waals surface area contributed by atoms with Gasteiger partial charge in [0, 0.05) is 29.4 Å². The minimum atomic E-state index is -0.956. The van der Waals surface area contributed by atoms with Crippen LogP contribution in [0.3, 0.4) is 0 Å². The van der Waals surface area contributed by atoms with Crippen molar-refractivity contribution in [3.63, 3.8) is 0 Å². The number of halogens is 1. The van der Waals surface area contributed by atoms with Crippen molar-refractivity contribution in [2.24, 2.45) is 0 Å². The summed E-state index contributed by atoms with van der Waals surface area (Å²) in [7, 11) is 0. The number of nitrogens with zero attached hydrogens (tertiary/aromatic N) is 1. The molecule has 2 N–H and O–H groups in total. The summed E-state index contributed by atoms with van der Waals surface area (Å²) in [4.78, 5) is 40.1. The van der Waals surface area contributed by atoms with Gasteiger partial charge in [0.05, 0.1) is 6.26 Å². The van der Waals surface area contributed by atoms with Crippen LogP contribution in [0.4, 0.5) is 11.4 Å². The first kappa shape index (κ1) is 23.6. The lowest BCUT2D eigenvalue weighted by Crippen LogP contribution is -2.46. The highest BCUT2D eigenvalue weighted by molar-refractivity contribution is 6.30. The van der Waals surface area contributed by atoms with Crippen LogP contribution < -0.4 is 15.5 Å². The lowest BCUT2D eigenvalue weighted by Gasteiger charge is -2.32. The maximum Gasteiger partial charge on any atom is 0.294 e. The zero-order chi connectivity index (χ0) is 24.1. The molecule has 7 nitrogen and oxygen atoms in total. The fourth-order valence-electron chi connectivity index (χ4n) is 4.22. The number of nitrogens with one attached hydrogen (secondary N) is 2. The van der Waals surface area contributed by atoms with E-state index in [1.165, 1.54) is 18.1 Å². The van der Waals surface area contributed by atoms with Crippen LogP contribution >= 0.6 is 11.6 Å². The van der Waals surface area contributed by atoms with Crippen LogP contribution in [-0.2, 0) is 9.59 Å². The minimum Gasteiger partial charge on any atom is -0.459 e. The fourth-order valence-corrected chi connectivity index (χ4v) is 4.35. The van der Waals surface area contributed by atoms with E-state index in [1.807, 2.05) is 0 Å². The molecule has 1 heterocycles. The molecule has 1 aromatic heterocycles. The highest BCUT2D eigenvalue weighted by atomic mass is 35.5. The van der Waals surface area contributed by atoms with Crippen molar-refractivity contribution in [1.82, 2.24) is 5.32 Å². The summed E-state index contributed by atoms with van der Waals surface area (Å²) in [6.07, 6.45) is 5.38. The van der Waals surface area contributed by atoms with E-state index in [2.05, 4.69) is 10.6 Å². The topological polar surface area (TPSA) is 91.7 Å². The molecule has 34 heavy (non-hydrogen) atoms. The lowest BCUT2D eigenvalue weighted by molar-refractivity contribution is -0.123. The molecule has 2 aromatic carbocycles. The third-order valence-electron chi connectivity index (χ3n) is 5.81. The summed E-state index contributed by atoms with van der Waals surface area (Å²) in [5.41, 5.74) is 1.68. The Hall–Kier alpha value is -3.58. The van der Waals surface area contributed by atoms with Gasteiger partial charge in [-0.15, -0.1) is 0 Å². The first-order chi connectivity index (χ1) is 16.4. The van der Waals surface area contributed by atoms with E-state index in [4.69, 9.17) is 16.0 Å². The molecule has 176 valence electrons. The van der Waals surface area contributed by atoms with E-state index in [0.29, 0.717) is 22.0 Å². The maximum absolute atomic E-state index is 13.7. The number of benzene rings is 2. The second kappa shape index (κ2) is 10.6. The number of furan rings is 1. The Morgan fingerprint density at radius 1 is 1.00 bits per heavy atom. The number of anilines is 2. The van der Waals surface area contributed by atoms with Gasteiger partial charge in [-0.1, -0.05) is 36.6 Å². The SMILES string of the molecule is CC(=O)Nc1ccc(N(C(=O)c2ccco2)C(C(=O)NC2CCCC2)c2ccc(Cl)cc2)cc1. The van der Waals surface area contributed by atoms with Crippen molar-refractivity contribution in [3.8, 4) is 0 Å². The summed E-state index contributed by atoms with van der Waals surface area (Å²) in [5.74, 6) is -0.830. The van der Waals surface area contributed by atoms with Crippen LogP contribution in [0.25, 0.3) is 0 Å². The Balaban J connectivity index is 1.77. The summed E-state index contributed by atoms with van der Waals surface area (Å²) in [6.45, 7) is 1.42. The number of hydrogen-bond acceptors (Lipinski definition) is 4. The van der Waals surface area contributed by atoms with Gasteiger partial charge in [0.2, 0.25) is 11.8 Å². The van der Waals surface area contributed by atoms with Gasteiger partial charge in [0.15, 0.2) is 5.76 Å². The number of rotatable bonds is 7. The molecule has 1 unspecified atom stereocenters. The molecule has 3 aromatic rings. The van der Waals surface area contributed by atoms with Crippen LogP contribution in [-0.4, -0.2) is 23.8 Å². The van der Waals surface area contributed by atoms with Crippen LogP contribution in [0, 0.1) is 0 Å². The van der Waals surface area contributed by atoms with Crippen LogP contribution in [0.1, 0.15) is 54.8 Å². The van der Waals surface area contributed by atoms with E-state index in [1.54, 1.807) is 60.7 Å². The van der Waals surface area contributed by atoms with Gasteiger partial charge < -0.3 is 15.1 Å². The molecule has 0 radical (unpaired) electrons. The molecule has 0 aliphatic heterocycles. The largest absolute Gasteiger partial charge is 0.459 e. The minimum absolute atomic E-state index is 0.0741. The number of carbonyl (C=O) groups is 3. The van der Waals surface area contributed by atoms with Gasteiger partial charge in [0.1, 0.15) is 6.04 Å². The predicted molar refractivity (Wildman–Crippen MR) is 131 cm³/mol. The molecule has 3 amide bonds. The highest BCUT2D eigenvalue weighted by Gasteiger charge is 2.35. The van der Waals surface area contributed by atoms with E-state index in [-0.39, 0.29) is 23.6 Å². The Labute approximate surface area is 203 Å². The third-order valence-corrected chi connectivity index (χ3v) is 6.06. The Morgan fingerprint density at radius 3 is 2.26 bits per heavy atom. The fraction of sp³-hybridized carbons (Fsp3) is 0.269. The smallest absolute Gasteiger partial charge is 0.294 e. The molecule has 4 rings (SSSR count). The van der Waals surface area contributed by atoms with Crippen molar-refractivity contribution in [2.45, 2.75) is 44.7 Å². The second-order valence-corrected chi connectivity index (χ2v) is 8.76. The van der Waals surface area contributed by atoms with Gasteiger partial charge in [-0.25, -0.2) is 0 Å². The van der Waals surface area contributed by atoms with Crippen molar-refractivity contribution in [1.29, 1.82) is 0 Å². The summed E-state index contributed by atoms with van der Waals surface area (Å²) in [5, 5.41) is 6.37. The molecule has 1 aliphatic carbocycles. The monoisotopic (exact) mass is 479 g/mol. The molecular weight excluding hydrogens is 454 g/mol.